The molecular formula is C16H26N6O. The van der Waals surface area contributed by atoms with E-state index in [9.17, 15) is 4.79 Å². The van der Waals surface area contributed by atoms with Crippen LogP contribution in [0.5, 0.6) is 0 Å². The summed E-state index contributed by atoms with van der Waals surface area (Å²) in [7, 11) is 0. The minimum atomic E-state index is -0.111. The Morgan fingerprint density at radius 1 is 1.48 bits per heavy atom. The van der Waals surface area contributed by atoms with Crippen molar-refractivity contribution in [3.05, 3.63) is 11.3 Å². The van der Waals surface area contributed by atoms with Crippen LogP contribution < -0.4 is 16.4 Å². The summed E-state index contributed by atoms with van der Waals surface area (Å²) < 4.78 is 0. The minimum Gasteiger partial charge on any atom is -0.381 e. The van der Waals surface area contributed by atoms with Crippen molar-refractivity contribution in [3.8, 4) is 6.07 Å². The molecule has 1 heterocycles. The van der Waals surface area contributed by atoms with Crippen LogP contribution in [-0.2, 0) is 6.42 Å². The van der Waals surface area contributed by atoms with Crippen LogP contribution in [0, 0.1) is 23.2 Å². The zero-order valence-electron chi connectivity index (χ0n) is 13.9. The molecule has 23 heavy (non-hydrogen) atoms. The molecule has 7 heteroatoms. The number of aryl methyl sites for hydroxylation is 1. The van der Waals surface area contributed by atoms with Gasteiger partial charge < -0.3 is 16.4 Å². The average molecular weight is 318 g/mol. The average Bonchev–Trinajstić information content (AvgIpc) is 2.88. The molecule has 0 radical (unpaired) electrons. The maximum Gasteiger partial charge on any atom is 0.315 e. The molecule has 1 aliphatic rings. The number of hydrogen-bond donors (Lipinski definition) is 4. The fourth-order valence-electron chi connectivity index (χ4n) is 3.17. The Balaban J connectivity index is 1.70. The highest BCUT2D eigenvalue weighted by atomic mass is 16.2. The first-order chi connectivity index (χ1) is 11.0. The van der Waals surface area contributed by atoms with Gasteiger partial charge >= 0.3 is 6.03 Å². The number of nitrogens with one attached hydrogen (secondary N) is 3. The summed E-state index contributed by atoms with van der Waals surface area (Å²) in [6.45, 7) is 5.01. The number of urea groups is 1. The second-order valence-electron chi connectivity index (χ2n) is 6.45. The highest BCUT2D eigenvalue weighted by Crippen LogP contribution is 2.29. The molecule has 5 N–H and O–H groups in total. The van der Waals surface area contributed by atoms with Crippen LogP contribution in [0.4, 0.5) is 10.6 Å². The number of carbonyl (C=O) groups is 1. The quantitative estimate of drug-likeness (QED) is 0.620. The number of nitrogens with zero attached hydrogens (tertiary/aromatic N) is 2. The van der Waals surface area contributed by atoms with Gasteiger partial charge in [0.1, 0.15) is 11.6 Å². The summed E-state index contributed by atoms with van der Waals surface area (Å²) in [4.78, 5) is 12.0. The molecule has 1 aliphatic carbocycles. The van der Waals surface area contributed by atoms with Crippen LogP contribution in [0.15, 0.2) is 0 Å². The molecule has 1 aromatic rings. The van der Waals surface area contributed by atoms with Crippen molar-refractivity contribution >= 4 is 11.8 Å². The highest BCUT2D eigenvalue weighted by molar-refractivity contribution is 5.74. The van der Waals surface area contributed by atoms with Crippen molar-refractivity contribution in [1.82, 2.24) is 20.8 Å². The van der Waals surface area contributed by atoms with Crippen molar-refractivity contribution < 1.29 is 4.79 Å². The van der Waals surface area contributed by atoms with Gasteiger partial charge in [0, 0.05) is 12.6 Å². The monoisotopic (exact) mass is 318 g/mol. The lowest BCUT2D eigenvalue weighted by Crippen LogP contribution is -2.48. The molecule has 2 rings (SSSR count). The van der Waals surface area contributed by atoms with Gasteiger partial charge in [0.25, 0.3) is 0 Å². The van der Waals surface area contributed by atoms with Gasteiger partial charge in [-0.2, -0.15) is 10.4 Å². The summed E-state index contributed by atoms with van der Waals surface area (Å²) in [5, 5.41) is 21.5. The van der Waals surface area contributed by atoms with E-state index in [4.69, 9.17) is 11.0 Å². The number of rotatable bonds is 5. The number of nitrogens with two attached hydrogens (primary N) is 1. The zero-order chi connectivity index (χ0) is 16.8. The molecule has 0 spiro atoms. The Hall–Kier alpha value is -2.23. The smallest absolute Gasteiger partial charge is 0.315 e. The van der Waals surface area contributed by atoms with Crippen LogP contribution in [0.25, 0.3) is 0 Å². The maximum absolute atomic E-state index is 12.0. The second kappa shape index (κ2) is 7.86. The Kier molecular flexibility index (Phi) is 5.85. The predicted octanol–water partition coefficient (Wildman–Crippen LogP) is 1.92. The van der Waals surface area contributed by atoms with Gasteiger partial charge in [-0.15, -0.1) is 0 Å². The van der Waals surface area contributed by atoms with E-state index < -0.39 is 0 Å². The van der Waals surface area contributed by atoms with Gasteiger partial charge in [-0.3, -0.25) is 5.10 Å². The van der Waals surface area contributed by atoms with Crippen LogP contribution in [0.1, 0.15) is 50.8 Å². The molecule has 1 aromatic heterocycles. The molecule has 0 unspecified atom stereocenters. The molecule has 1 saturated carbocycles. The van der Waals surface area contributed by atoms with Crippen molar-refractivity contribution in [2.75, 3.05) is 12.3 Å². The first kappa shape index (κ1) is 17.1. The number of nitriles is 1. The molecule has 126 valence electrons. The summed E-state index contributed by atoms with van der Waals surface area (Å²) in [5.74, 6) is 1.40. The maximum atomic E-state index is 12.0. The van der Waals surface area contributed by atoms with Crippen LogP contribution in [0.2, 0.25) is 0 Å². The van der Waals surface area contributed by atoms with Gasteiger partial charge in [0.2, 0.25) is 0 Å². The lowest BCUT2D eigenvalue weighted by molar-refractivity contribution is 0.195. The summed E-state index contributed by atoms with van der Waals surface area (Å²) in [6, 6.07) is 2.19. The number of anilines is 1. The third kappa shape index (κ3) is 4.38. The van der Waals surface area contributed by atoms with E-state index in [-0.39, 0.29) is 17.9 Å². The Morgan fingerprint density at radius 3 is 3.00 bits per heavy atom. The standard InChI is InChI=1S/C16H26N6O/c1-10-5-3-6-13(11(10)2)20-16(23)19-8-4-7-14-12(9-17)15(18)22-21-14/h10-11,13H,3-8H2,1-2H3,(H3,18,21,22)(H2,19,20,23)/t10-,11-,13+/m1/s1. The third-order valence-corrected chi connectivity index (χ3v) is 4.89. The Morgan fingerprint density at radius 2 is 2.26 bits per heavy atom. The molecule has 2 amide bonds. The fraction of sp³-hybridized carbons (Fsp3) is 0.688. The first-order valence-corrected chi connectivity index (χ1v) is 8.30. The van der Waals surface area contributed by atoms with Gasteiger partial charge in [-0.1, -0.05) is 26.7 Å². The number of H-pyrrole nitrogens is 1. The molecule has 3 atom stereocenters. The number of nitrogen functional groups attached to an aromatic ring is 1. The fourth-order valence-corrected chi connectivity index (χ4v) is 3.17. The Bertz CT molecular complexity index is 576. The highest BCUT2D eigenvalue weighted by Gasteiger charge is 2.27. The number of carbonyl (C=O) groups excluding carboxylic acids is 1. The molecule has 0 aliphatic heterocycles. The van der Waals surface area contributed by atoms with E-state index >= 15 is 0 Å². The van der Waals surface area contributed by atoms with Gasteiger partial charge in [-0.05, 0) is 31.1 Å². The van der Waals surface area contributed by atoms with Crippen molar-refractivity contribution in [3.63, 3.8) is 0 Å². The van der Waals surface area contributed by atoms with Crippen molar-refractivity contribution in [2.45, 2.75) is 52.0 Å². The van der Waals surface area contributed by atoms with Crippen molar-refractivity contribution in [2.24, 2.45) is 11.8 Å². The largest absolute Gasteiger partial charge is 0.381 e. The number of hydrogen-bond acceptors (Lipinski definition) is 4. The number of amides is 2. The topological polar surface area (TPSA) is 120 Å². The summed E-state index contributed by atoms with van der Waals surface area (Å²) in [5.41, 5.74) is 6.71. The Labute approximate surface area is 137 Å². The normalized spacial score (nSPS) is 24.0. The summed E-state index contributed by atoms with van der Waals surface area (Å²) >= 11 is 0. The third-order valence-electron chi connectivity index (χ3n) is 4.89. The van der Waals surface area contributed by atoms with Crippen LogP contribution >= 0.6 is 0 Å². The van der Waals surface area contributed by atoms with Crippen LogP contribution in [0.3, 0.4) is 0 Å². The molecule has 0 saturated heterocycles. The lowest BCUT2D eigenvalue weighted by atomic mass is 9.78. The van der Waals surface area contributed by atoms with Crippen molar-refractivity contribution in [1.29, 1.82) is 5.26 Å². The van der Waals surface area contributed by atoms with E-state index in [2.05, 4.69) is 34.7 Å². The van der Waals surface area contributed by atoms with E-state index in [0.717, 1.165) is 18.5 Å². The molecule has 7 nitrogen and oxygen atoms in total. The lowest BCUT2D eigenvalue weighted by Gasteiger charge is -2.34. The van der Waals surface area contributed by atoms with E-state index in [1.807, 2.05) is 6.07 Å². The molecule has 0 aromatic carbocycles. The van der Waals surface area contributed by atoms with E-state index in [1.165, 1.54) is 12.8 Å². The number of aromatic amines is 1. The van der Waals surface area contributed by atoms with Gasteiger partial charge in [0.15, 0.2) is 5.82 Å². The van der Waals surface area contributed by atoms with E-state index in [1.54, 1.807) is 0 Å². The SMILES string of the molecule is C[C@@H]1[C@H](C)CCC[C@@H]1NC(=O)NCCCc1[nH]nc(N)c1C#N. The molecule has 0 bridgehead atoms. The van der Waals surface area contributed by atoms with Crippen LogP contribution in [-0.4, -0.2) is 28.8 Å². The van der Waals surface area contributed by atoms with Gasteiger partial charge in [-0.25, -0.2) is 4.79 Å². The minimum absolute atomic E-state index is 0.111. The number of aromatic nitrogens is 2. The second-order valence-corrected chi connectivity index (χ2v) is 6.45. The van der Waals surface area contributed by atoms with Gasteiger partial charge in [0.05, 0.1) is 5.69 Å². The first-order valence-electron chi connectivity index (χ1n) is 8.30. The zero-order valence-corrected chi connectivity index (χ0v) is 13.9. The molecule has 1 fully saturated rings. The molecular weight excluding hydrogens is 292 g/mol. The van der Waals surface area contributed by atoms with E-state index in [0.29, 0.717) is 30.4 Å². The predicted molar refractivity (Wildman–Crippen MR) is 88.5 cm³/mol. The summed E-state index contributed by atoms with van der Waals surface area (Å²) in [6.07, 6.45) is 4.83.